The number of anilines is 1. The lowest BCUT2D eigenvalue weighted by atomic mass is 10.2. The van der Waals surface area contributed by atoms with Gasteiger partial charge in [0.05, 0.1) is 12.7 Å². The van der Waals surface area contributed by atoms with Gasteiger partial charge in [-0.05, 0) is 36.8 Å². The van der Waals surface area contributed by atoms with Gasteiger partial charge in [0.2, 0.25) is 0 Å². The average Bonchev–Trinajstić information content (AvgIpc) is 2.95. The van der Waals surface area contributed by atoms with Crippen molar-refractivity contribution in [2.45, 2.75) is 19.9 Å². The quantitative estimate of drug-likeness (QED) is 0.860. The number of nitrogens with zero attached hydrogens (tertiary/aromatic N) is 1. The first-order valence-electron chi connectivity index (χ1n) is 6.80. The molecule has 0 bridgehead atoms. The van der Waals surface area contributed by atoms with Gasteiger partial charge in [-0.15, -0.1) is 0 Å². The summed E-state index contributed by atoms with van der Waals surface area (Å²) in [5.74, 6) is -0.629. The molecule has 21 heavy (non-hydrogen) atoms. The van der Waals surface area contributed by atoms with Crippen molar-refractivity contribution in [3.63, 3.8) is 0 Å². The van der Waals surface area contributed by atoms with E-state index in [0.29, 0.717) is 16.9 Å². The molecule has 1 N–H and O–H groups in total. The number of ether oxygens (including phenoxy) is 1. The Kier molecular flexibility index (Phi) is 4.77. The van der Waals surface area contributed by atoms with E-state index >= 15 is 0 Å². The molecule has 0 radical (unpaired) electrons. The molecule has 0 aliphatic rings. The molecule has 0 fully saturated rings. The summed E-state index contributed by atoms with van der Waals surface area (Å²) in [5.41, 5.74) is 1.56. The van der Waals surface area contributed by atoms with Crippen LogP contribution in [0.15, 0.2) is 42.6 Å². The van der Waals surface area contributed by atoms with Crippen LogP contribution in [0.2, 0.25) is 0 Å². The predicted octanol–water partition coefficient (Wildman–Crippen LogP) is 2.94. The molecule has 1 amide bonds. The number of methoxy groups -OCH3 is 1. The van der Waals surface area contributed by atoms with Gasteiger partial charge < -0.3 is 14.6 Å². The molecule has 110 valence electrons. The van der Waals surface area contributed by atoms with Gasteiger partial charge in [0.25, 0.3) is 5.91 Å². The lowest BCUT2D eigenvalue weighted by molar-refractivity contribution is 0.0600. The van der Waals surface area contributed by atoms with Gasteiger partial charge in [-0.25, -0.2) is 4.79 Å². The van der Waals surface area contributed by atoms with Crippen LogP contribution in [0.25, 0.3) is 0 Å². The van der Waals surface area contributed by atoms with Crippen molar-refractivity contribution >= 4 is 17.6 Å². The Morgan fingerprint density at radius 3 is 2.76 bits per heavy atom. The van der Waals surface area contributed by atoms with Crippen molar-refractivity contribution in [3.8, 4) is 0 Å². The van der Waals surface area contributed by atoms with Crippen LogP contribution in [0.5, 0.6) is 0 Å². The number of esters is 1. The number of aromatic nitrogens is 1. The van der Waals surface area contributed by atoms with Crippen molar-refractivity contribution in [2.75, 3.05) is 12.4 Å². The van der Waals surface area contributed by atoms with Gasteiger partial charge in [0.1, 0.15) is 5.69 Å². The highest BCUT2D eigenvalue weighted by Gasteiger charge is 2.12. The molecule has 0 aliphatic carbocycles. The first-order chi connectivity index (χ1) is 10.2. The van der Waals surface area contributed by atoms with Crippen molar-refractivity contribution in [2.24, 2.45) is 0 Å². The highest BCUT2D eigenvalue weighted by Crippen LogP contribution is 2.14. The van der Waals surface area contributed by atoms with Crippen LogP contribution < -0.4 is 5.32 Å². The molecule has 0 atom stereocenters. The van der Waals surface area contributed by atoms with Gasteiger partial charge in [-0.1, -0.05) is 13.0 Å². The zero-order valence-corrected chi connectivity index (χ0v) is 12.1. The average molecular weight is 286 g/mol. The Hall–Kier alpha value is -2.56. The fourth-order valence-corrected chi connectivity index (χ4v) is 2.09. The first kappa shape index (κ1) is 14.8. The Labute approximate surface area is 123 Å². The van der Waals surface area contributed by atoms with E-state index in [1.54, 1.807) is 30.3 Å². The van der Waals surface area contributed by atoms with Crippen LogP contribution in [-0.4, -0.2) is 23.6 Å². The standard InChI is InChI=1S/C16H18N2O3/c1-3-9-18-10-5-8-14(18)15(19)17-13-7-4-6-12(11-13)16(20)21-2/h4-8,10-11H,3,9H2,1-2H3,(H,17,19). The molecule has 0 aliphatic heterocycles. The fraction of sp³-hybridized carbons (Fsp3) is 0.250. The normalized spacial score (nSPS) is 10.2. The molecule has 5 heteroatoms. The van der Waals surface area contributed by atoms with Crippen molar-refractivity contribution in [1.29, 1.82) is 0 Å². The third-order valence-electron chi connectivity index (χ3n) is 3.07. The molecule has 0 saturated heterocycles. The van der Waals surface area contributed by atoms with E-state index in [1.807, 2.05) is 16.8 Å². The van der Waals surface area contributed by atoms with E-state index in [9.17, 15) is 9.59 Å². The van der Waals surface area contributed by atoms with E-state index in [-0.39, 0.29) is 5.91 Å². The summed E-state index contributed by atoms with van der Waals surface area (Å²) in [4.78, 5) is 23.8. The summed E-state index contributed by atoms with van der Waals surface area (Å²) in [6, 6.07) is 10.3. The topological polar surface area (TPSA) is 60.3 Å². The molecule has 0 saturated carbocycles. The summed E-state index contributed by atoms with van der Waals surface area (Å²) < 4.78 is 6.57. The van der Waals surface area contributed by atoms with E-state index in [1.165, 1.54) is 7.11 Å². The SMILES string of the molecule is CCCn1cccc1C(=O)Nc1cccc(C(=O)OC)c1. The van der Waals surface area contributed by atoms with Gasteiger partial charge in [-0.3, -0.25) is 4.79 Å². The maximum Gasteiger partial charge on any atom is 0.337 e. The van der Waals surface area contributed by atoms with Gasteiger partial charge in [-0.2, -0.15) is 0 Å². The minimum Gasteiger partial charge on any atom is -0.465 e. The number of hydrogen-bond acceptors (Lipinski definition) is 3. The summed E-state index contributed by atoms with van der Waals surface area (Å²) >= 11 is 0. The molecule has 2 aromatic rings. The molecule has 1 heterocycles. The Morgan fingerprint density at radius 2 is 2.05 bits per heavy atom. The molecule has 1 aromatic carbocycles. The zero-order valence-electron chi connectivity index (χ0n) is 12.1. The van der Waals surface area contributed by atoms with Crippen LogP contribution in [0.3, 0.4) is 0 Å². The summed E-state index contributed by atoms with van der Waals surface area (Å²) in [5, 5.41) is 2.79. The van der Waals surface area contributed by atoms with Crippen molar-refractivity contribution < 1.29 is 14.3 Å². The minimum absolute atomic E-state index is 0.199. The third kappa shape index (κ3) is 3.51. The molecule has 0 unspecified atom stereocenters. The second kappa shape index (κ2) is 6.74. The summed E-state index contributed by atoms with van der Waals surface area (Å²) in [6.07, 6.45) is 2.83. The lowest BCUT2D eigenvalue weighted by Gasteiger charge is -2.09. The maximum atomic E-state index is 12.3. The number of carbonyl (C=O) groups is 2. The zero-order chi connectivity index (χ0) is 15.2. The highest BCUT2D eigenvalue weighted by molar-refractivity contribution is 6.03. The number of carbonyl (C=O) groups excluding carboxylic acids is 2. The van der Waals surface area contributed by atoms with E-state index in [4.69, 9.17) is 0 Å². The smallest absolute Gasteiger partial charge is 0.337 e. The molecule has 2 rings (SSSR count). The van der Waals surface area contributed by atoms with Crippen molar-refractivity contribution in [3.05, 3.63) is 53.9 Å². The second-order valence-corrected chi connectivity index (χ2v) is 4.61. The predicted molar refractivity (Wildman–Crippen MR) is 80.5 cm³/mol. The van der Waals surface area contributed by atoms with Gasteiger partial charge in [0, 0.05) is 18.4 Å². The van der Waals surface area contributed by atoms with Crippen LogP contribution >= 0.6 is 0 Å². The van der Waals surface area contributed by atoms with Crippen LogP contribution in [-0.2, 0) is 11.3 Å². The van der Waals surface area contributed by atoms with E-state index in [2.05, 4.69) is 17.0 Å². The monoisotopic (exact) mass is 286 g/mol. The largest absolute Gasteiger partial charge is 0.465 e. The summed E-state index contributed by atoms with van der Waals surface area (Å²) in [6.45, 7) is 2.85. The van der Waals surface area contributed by atoms with E-state index < -0.39 is 5.97 Å². The number of hydrogen-bond donors (Lipinski definition) is 1. The second-order valence-electron chi connectivity index (χ2n) is 4.61. The van der Waals surface area contributed by atoms with E-state index in [0.717, 1.165) is 13.0 Å². The van der Waals surface area contributed by atoms with Crippen LogP contribution in [0.1, 0.15) is 34.2 Å². The molecular formula is C16H18N2O3. The maximum absolute atomic E-state index is 12.3. The molecule has 5 nitrogen and oxygen atoms in total. The Bertz CT molecular complexity index is 646. The number of nitrogens with one attached hydrogen (secondary N) is 1. The number of amides is 1. The molecule has 1 aromatic heterocycles. The van der Waals surface area contributed by atoms with Crippen molar-refractivity contribution in [1.82, 2.24) is 4.57 Å². The molecule has 0 spiro atoms. The third-order valence-corrected chi connectivity index (χ3v) is 3.07. The fourth-order valence-electron chi connectivity index (χ4n) is 2.09. The highest BCUT2D eigenvalue weighted by atomic mass is 16.5. The van der Waals surface area contributed by atoms with Gasteiger partial charge in [0.15, 0.2) is 0 Å². The number of benzene rings is 1. The van der Waals surface area contributed by atoms with Crippen LogP contribution in [0, 0.1) is 0 Å². The Balaban J connectivity index is 2.16. The lowest BCUT2D eigenvalue weighted by Crippen LogP contribution is -2.17. The van der Waals surface area contributed by atoms with Gasteiger partial charge >= 0.3 is 5.97 Å². The first-order valence-corrected chi connectivity index (χ1v) is 6.80. The van der Waals surface area contributed by atoms with Crippen LogP contribution in [0.4, 0.5) is 5.69 Å². The molecular weight excluding hydrogens is 268 g/mol. The number of rotatable bonds is 5. The number of aryl methyl sites for hydroxylation is 1. The minimum atomic E-state index is -0.430. The Morgan fingerprint density at radius 1 is 1.24 bits per heavy atom. The summed E-state index contributed by atoms with van der Waals surface area (Å²) in [7, 11) is 1.32.